The molecule has 0 amide bonds. The van der Waals surface area contributed by atoms with Crippen molar-refractivity contribution in [2.45, 2.75) is 0 Å². The van der Waals surface area contributed by atoms with E-state index in [4.69, 9.17) is 4.74 Å². The minimum atomic E-state index is -2.28. The average Bonchev–Trinajstić information content (AvgIpc) is 2.71. The second-order valence-electron chi connectivity index (χ2n) is 5.41. The molecule has 3 aromatic carbocycles. The quantitative estimate of drug-likeness (QED) is 0.220. The van der Waals surface area contributed by atoms with E-state index in [1.807, 2.05) is 54.6 Å². The van der Waals surface area contributed by atoms with Crippen molar-refractivity contribution in [1.29, 1.82) is 0 Å². The van der Waals surface area contributed by atoms with Gasteiger partial charge in [0, 0.05) is 22.4 Å². The van der Waals surface area contributed by atoms with Gasteiger partial charge in [-0.05, 0) is 36.4 Å². The molecule has 0 aliphatic carbocycles. The van der Waals surface area contributed by atoms with Crippen molar-refractivity contribution in [3.8, 4) is 11.6 Å². The first-order valence-electron chi connectivity index (χ1n) is 7.94. The minimum absolute atomic E-state index is 0. The van der Waals surface area contributed by atoms with E-state index < -0.39 is 13.2 Å². The van der Waals surface area contributed by atoms with Crippen LogP contribution in [0.4, 0.5) is 0 Å². The molecular weight excluding hydrogens is 524 g/mol. The van der Waals surface area contributed by atoms with Crippen LogP contribution >= 0.6 is 7.26 Å². The number of ether oxygens (including phenoxy) is 1. The Balaban J connectivity index is 0.00000243. The minimum Gasteiger partial charge on any atom is -0.459 e. The van der Waals surface area contributed by atoms with Crippen molar-refractivity contribution in [1.82, 2.24) is 0 Å². The standard InChI is InChI=1S/C22H18O2P.Au/c1-24-22(23)17-18-25(19-11-5-2-6-12-19,20-13-7-3-8-14-20)21-15-9-4-10-16-21;/h2-16H,1H3;/q+1;. The molecule has 1 radical (unpaired) electrons. The summed E-state index contributed by atoms with van der Waals surface area (Å²) in [7, 11) is -0.930. The van der Waals surface area contributed by atoms with E-state index in [2.05, 4.69) is 48.0 Å². The largest absolute Gasteiger partial charge is 0.459 e. The van der Waals surface area contributed by atoms with Crippen LogP contribution in [0.5, 0.6) is 0 Å². The van der Waals surface area contributed by atoms with Gasteiger partial charge in [-0.15, -0.1) is 0 Å². The summed E-state index contributed by atoms with van der Waals surface area (Å²) in [4.78, 5) is 11.8. The molecule has 133 valence electrons. The summed E-state index contributed by atoms with van der Waals surface area (Å²) >= 11 is 0. The summed E-state index contributed by atoms with van der Waals surface area (Å²) in [6, 6.07) is 30.5. The topological polar surface area (TPSA) is 26.3 Å². The zero-order chi connectivity index (χ0) is 17.5. The van der Waals surface area contributed by atoms with Gasteiger partial charge in [-0.25, -0.2) is 4.79 Å². The van der Waals surface area contributed by atoms with Gasteiger partial charge in [-0.2, -0.15) is 0 Å². The molecule has 0 saturated carbocycles. The number of rotatable bonds is 3. The van der Waals surface area contributed by atoms with E-state index in [1.54, 1.807) is 0 Å². The molecule has 0 aromatic heterocycles. The first-order chi connectivity index (χ1) is 12.3. The third-order valence-corrected chi connectivity index (χ3v) is 7.61. The Morgan fingerprint density at radius 3 is 1.38 bits per heavy atom. The molecule has 0 atom stereocenters. The van der Waals surface area contributed by atoms with Crippen molar-refractivity contribution in [3.05, 3.63) is 91.0 Å². The van der Waals surface area contributed by atoms with E-state index in [0.29, 0.717) is 0 Å². The fraction of sp³-hybridized carbons (Fsp3) is 0.0455. The average molecular weight is 542 g/mol. The maximum absolute atomic E-state index is 11.8. The zero-order valence-electron chi connectivity index (χ0n) is 14.2. The molecule has 3 rings (SSSR count). The van der Waals surface area contributed by atoms with Crippen LogP contribution in [0.1, 0.15) is 0 Å². The van der Waals surface area contributed by atoms with E-state index in [0.717, 1.165) is 15.9 Å². The maximum atomic E-state index is 11.8. The fourth-order valence-electron chi connectivity index (χ4n) is 2.78. The van der Waals surface area contributed by atoms with Crippen molar-refractivity contribution < 1.29 is 31.9 Å². The van der Waals surface area contributed by atoms with E-state index >= 15 is 0 Å². The Kier molecular flexibility index (Phi) is 7.39. The normalized spacial score (nSPS) is 10.0. The van der Waals surface area contributed by atoms with Gasteiger partial charge in [-0.3, -0.25) is 0 Å². The summed E-state index contributed by atoms with van der Waals surface area (Å²) < 4.78 is 4.76. The van der Waals surface area contributed by atoms with Crippen LogP contribution in [0.3, 0.4) is 0 Å². The molecule has 0 saturated heterocycles. The van der Waals surface area contributed by atoms with Crippen LogP contribution in [0.25, 0.3) is 0 Å². The van der Waals surface area contributed by atoms with Gasteiger partial charge in [-0.1, -0.05) is 54.6 Å². The van der Waals surface area contributed by atoms with E-state index in [1.165, 1.54) is 7.11 Å². The van der Waals surface area contributed by atoms with Crippen LogP contribution in [0.15, 0.2) is 91.0 Å². The molecule has 0 spiro atoms. The number of esters is 1. The summed E-state index contributed by atoms with van der Waals surface area (Å²) in [6.07, 6.45) is 0. The van der Waals surface area contributed by atoms with Crippen LogP contribution in [0, 0.1) is 11.6 Å². The Labute approximate surface area is 170 Å². The van der Waals surface area contributed by atoms with E-state index in [9.17, 15) is 4.79 Å². The van der Waals surface area contributed by atoms with Crippen LogP contribution in [-0.2, 0) is 31.9 Å². The molecule has 2 nitrogen and oxygen atoms in total. The molecule has 4 heteroatoms. The number of hydrogen-bond acceptors (Lipinski definition) is 2. The molecular formula is C22H18AuO2P+. The second-order valence-corrected chi connectivity index (χ2v) is 8.52. The second kappa shape index (κ2) is 9.53. The van der Waals surface area contributed by atoms with Crippen LogP contribution < -0.4 is 15.9 Å². The number of carbonyl (C=O) groups is 1. The zero-order valence-corrected chi connectivity index (χ0v) is 17.3. The molecule has 0 aliphatic rings. The van der Waals surface area contributed by atoms with Crippen molar-refractivity contribution in [2.75, 3.05) is 7.11 Å². The summed E-state index contributed by atoms with van der Waals surface area (Å²) in [6.45, 7) is 0. The summed E-state index contributed by atoms with van der Waals surface area (Å²) in [5.41, 5.74) is 3.32. The van der Waals surface area contributed by atoms with Crippen molar-refractivity contribution in [3.63, 3.8) is 0 Å². The molecule has 0 aliphatic heterocycles. The monoisotopic (exact) mass is 542 g/mol. The third-order valence-electron chi connectivity index (χ3n) is 3.94. The van der Waals surface area contributed by atoms with Gasteiger partial charge in [0.2, 0.25) is 0 Å². The summed E-state index contributed by atoms with van der Waals surface area (Å²) in [5.74, 6) is 2.19. The Hall–Kier alpha value is -2.14. The van der Waals surface area contributed by atoms with Crippen LogP contribution in [-0.4, -0.2) is 13.1 Å². The molecule has 3 aromatic rings. The third kappa shape index (κ3) is 4.15. The van der Waals surface area contributed by atoms with Gasteiger partial charge in [0.1, 0.15) is 21.6 Å². The molecule has 0 unspecified atom stereocenters. The first kappa shape index (κ1) is 20.2. The van der Waals surface area contributed by atoms with Gasteiger partial charge in [0.15, 0.2) is 7.26 Å². The first-order valence-corrected chi connectivity index (χ1v) is 9.73. The van der Waals surface area contributed by atoms with Gasteiger partial charge in [0.25, 0.3) is 0 Å². The predicted molar refractivity (Wildman–Crippen MR) is 105 cm³/mol. The van der Waals surface area contributed by atoms with Crippen molar-refractivity contribution in [2.24, 2.45) is 0 Å². The molecule has 0 bridgehead atoms. The van der Waals surface area contributed by atoms with Gasteiger partial charge >= 0.3 is 5.97 Å². The van der Waals surface area contributed by atoms with Gasteiger partial charge < -0.3 is 4.74 Å². The van der Waals surface area contributed by atoms with Crippen molar-refractivity contribution >= 4 is 29.1 Å². The number of benzene rings is 3. The Bertz CT molecular complexity index is 804. The summed E-state index contributed by atoms with van der Waals surface area (Å²) in [5, 5.41) is 3.34. The van der Waals surface area contributed by atoms with Crippen LogP contribution in [0.2, 0.25) is 0 Å². The predicted octanol–water partition coefficient (Wildman–Crippen LogP) is 3.11. The number of hydrogen-bond donors (Lipinski definition) is 0. The Morgan fingerprint density at radius 1 is 0.731 bits per heavy atom. The number of carbonyl (C=O) groups excluding carboxylic acids is 1. The fourth-order valence-corrected chi connectivity index (χ4v) is 6.17. The SMILES string of the molecule is COC(=O)C#C[P+](c1ccccc1)(c1ccccc1)c1ccccc1.[Au]. The van der Waals surface area contributed by atoms with E-state index in [-0.39, 0.29) is 22.4 Å². The van der Waals surface area contributed by atoms with Gasteiger partial charge in [0.05, 0.1) is 13.0 Å². The smallest absolute Gasteiger partial charge is 0.387 e. The Morgan fingerprint density at radius 2 is 1.08 bits per heavy atom. The molecule has 26 heavy (non-hydrogen) atoms. The molecule has 0 heterocycles. The number of methoxy groups -OCH3 is 1. The molecule has 0 N–H and O–H groups in total. The molecule has 0 fully saturated rings. The maximum Gasteiger partial charge on any atom is 0.387 e.